The van der Waals surface area contributed by atoms with Crippen LogP contribution in [0.5, 0.6) is 11.5 Å². The third-order valence-corrected chi connectivity index (χ3v) is 2.28. The van der Waals surface area contributed by atoms with Crippen molar-refractivity contribution in [1.82, 2.24) is 4.72 Å². The lowest BCUT2D eigenvalue weighted by Crippen LogP contribution is -2.27. The zero-order chi connectivity index (χ0) is 11.8. The molecule has 0 saturated heterocycles. The third-order valence-electron chi connectivity index (χ3n) is 1.85. The zero-order valence-electron chi connectivity index (χ0n) is 7.77. The second-order valence-electron chi connectivity index (χ2n) is 2.94. The molecule has 86 valence electrons. The number of hydrogen-bond acceptors (Lipinski definition) is 5. The van der Waals surface area contributed by atoms with Crippen molar-refractivity contribution in [2.75, 3.05) is 6.79 Å². The number of carbonyl (C=O) groups excluding carboxylic acids is 1. The summed E-state index contributed by atoms with van der Waals surface area (Å²) in [7, 11) is -5.06. The lowest BCUT2D eigenvalue weighted by molar-refractivity contribution is 0.0979. The molecule has 0 radical (unpaired) electrons. The number of rotatable bonds is 2. The van der Waals surface area contributed by atoms with E-state index in [2.05, 4.69) is 0 Å². The summed E-state index contributed by atoms with van der Waals surface area (Å²) >= 11 is 0. The number of fused-ring (bicyclic) bond motifs is 1. The summed E-state index contributed by atoms with van der Waals surface area (Å²) in [5.74, 6) is -0.315. The molecule has 1 amide bonds. The zero-order valence-corrected chi connectivity index (χ0v) is 8.58. The number of ether oxygens (including phenoxy) is 2. The molecule has 0 unspecified atom stereocenters. The Bertz CT molecular complexity index is 541. The van der Waals surface area contributed by atoms with E-state index < -0.39 is 16.3 Å². The van der Waals surface area contributed by atoms with Crippen LogP contribution in [0.25, 0.3) is 0 Å². The van der Waals surface area contributed by atoms with Gasteiger partial charge in [0.05, 0.1) is 0 Å². The van der Waals surface area contributed by atoms with Gasteiger partial charge in [0.1, 0.15) is 0 Å². The third kappa shape index (κ3) is 2.22. The van der Waals surface area contributed by atoms with E-state index in [0.717, 1.165) is 0 Å². The van der Waals surface area contributed by atoms with Crippen molar-refractivity contribution in [3.05, 3.63) is 23.8 Å². The van der Waals surface area contributed by atoms with Crippen molar-refractivity contribution in [2.24, 2.45) is 0 Å². The Kier molecular flexibility index (Phi) is 2.43. The summed E-state index contributed by atoms with van der Waals surface area (Å²) in [6, 6.07) is 4.00. The first-order valence-corrected chi connectivity index (χ1v) is 5.50. The molecule has 2 rings (SSSR count). The summed E-state index contributed by atoms with van der Waals surface area (Å²) in [4.78, 5) is 11.2. The summed E-state index contributed by atoms with van der Waals surface area (Å²) < 4.78 is 43.7. The molecule has 0 bridgehead atoms. The van der Waals surface area contributed by atoms with E-state index in [-0.39, 0.29) is 12.4 Å². The Labute approximate surface area is 90.3 Å². The fourth-order valence-corrected chi connectivity index (χ4v) is 1.55. The van der Waals surface area contributed by atoms with Gasteiger partial charge in [-0.25, -0.2) is 4.72 Å². The monoisotopic (exact) mass is 247 g/mol. The van der Waals surface area contributed by atoms with Gasteiger partial charge in [-0.15, -0.1) is 0 Å². The highest BCUT2D eigenvalue weighted by Gasteiger charge is 2.19. The average molecular weight is 247 g/mol. The average Bonchev–Trinajstić information content (AvgIpc) is 2.61. The van der Waals surface area contributed by atoms with Crippen LogP contribution in [0.3, 0.4) is 0 Å². The van der Waals surface area contributed by atoms with Crippen LogP contribution in [0.4, 0.5) is 3.89 Å². The van der Waals surface area contributed by atoms with Crippen molar-refractivity contribution in [1.29, 1.82) is 0 Å². The lowest BCUT2D eigenvalue weighted by Gasteiger charge is -2.01. The van der Waals surface area contributed by atoms with E-state index in [4.69, 9.17) is 9.47 Å². The number of nitrogens with one attached hydrogen (secondary N) is 1. The number of halogens is 1. The highest BCUT2D eigenvalue weighted by molar-refractivity contribution is 7.85. The predicted molar refractivity (Wildman–Crippen MR) is 50.1 cm³/mol. The lowest BCUT2D eigenvalue weighted by atomic mass is 10.2. The van der Waals surface area contributed by atoms with Crippen LogP contribution in [-0.4, -0.2) is 21.1 Å². The number of carbonyl (C=O) groups is 1. The molecular formula is C8H6FNO5S. The fourth-order valence-electron chi connectivity index (χ4n) is 1.21. The molecule has 1 aliphatic heterocycles. The van der Waals surface area contributed by atoms with Gasteiger partial charge in [0.15, 0.2) is 11.5 Å². The van der Waals surface area contributed by atoms with Gasteiger partial charge in [-0.1, -0.05) is 3.89 Å². The summed E-state index contributed by atoms with van der Waals surface area (Å²) in [6.45, 7) is 0.0296. The Balaban J connectivity index is 2.25. The van der Waals surface area contributed by atoms with E-state index >= 15 is 0 Å². The van der Waals surface area contributed by atoms with Crippen molar-refractivity contribution in [3.8, 4) is 11.5 Å². The van der Waals surface area contributed by atoms with Crippen LogP contribution in [0.15, 0.2) is 18.2 Å². The molecule has 6 nitrogen and oxygen atoms in total. The molecule has 1 aliphatic rings. The highest BCUT2D eigenvalue weighted by Crippen LogP contribution is 2.32. The first kappa shape index (κ1) is 10.7. The SMILES string of the molecule is O=C(NS(=O)(=O)F)c1ccc2c(c1)OCO2. The number of benzene rings is 1. The first-order valence-electron chi connectivity index (χ1n) is 4.12. The Morgan fingerprint density at radius 2 is 2.00 bits per heavy atom. The molecule has 0 aliphatic carbocycles. The van der Waals surface area contributed by atoms with Gasteiger partial charge in [0.25, 0.3) is 5.91 Å². The summed E-state index contributed by atoms with van der Waals surface area (Å²) in [6.07, 6.45) is 0. The molecule has 16 heavy (non-hydrogen) atoms. The second-order valence-corrected chi connectivity index (χ2v) is 4.02. The Morgan fingerprint density at radius 1 is 1.31 bits per heavy atom. The van der Waals surface area contributed by atoms with Gasteiger partial charge in [-0.3, -0.25) is 4.79 Å². The first-order chi connectivity index (χ1) is 7.46. The van der Waals surface area contributed by atoms with Gasteiger partial charge >= 0.3 is 10.4 Å². The number of amides is 1. The quantitative estimate of drug-likeness (QED) is 0.763. The smallest absolute Gasteiger partial charge is 0.399 e. The van der Waals surface area contributed by atoms with Gasteiger partial charge in [-0.05, 0) is 18.2 Å². The minimum Gasteiger partial charge on any atom is -0.454 e. The van der Waals surface area contributed by atoms with Crippen LogP contribution in [-0.2, 0) is 10.4 Å². The second kappa shape index (κ2) is 3.63. The minimum atomic E-state index is -5.06. The molecule has 1 aromatic rings. The summed E-state index contributed by atoms with van der Waals surface area (Å²) in [5, 5.41) is 0. The highest BCUT2D eigenvalue weighted by atomic mass is 32.3. The Hall–Kier alpha value is -1.83. The van der Waals surface area contributed by atoms with Crippen molar-refractivity contribution < 1.29 is 26.6 Å². The van der Waals surface area contributed by atoms with E-state index in [9.17, 15) is 17.1 Å². The largest absolute Gasteiger partial charge is 0.454 e. The van der Waals surface area contributed by atoms with E-state index in [0.29, 0.717) is 11.5 Å². The molecule has 0 fully saturated rings. The van der Waals surface area contributed by atoms with Crippen molar-refractivity contribution in [2.45, 2.75) is 0 Å². The van der Waals surface area contributed by atoms with Gasteiger partial charge < -0.3 is 9.47 Å². The molecular weight excluding hydrogens is 241 g/mol. The van der Waals surface area contributed by atoms with Crippen LogP contribution >= 0.6 is 0 Å². The predicted octanol–water partition coefficient (Wildman–Crippen LogP) is 0.359. The molecule has 1 heterocycles. The van der Waals surface area contributed by atoms with Crippen LogP contribution < -0.4 is 14.2 Å². The molecule has 8 heteroatoms. The van der Waals surface area contributed by atoms with Gasteiger partial charge in [0.2, 0.25) is 6.79 Å². The fraction of sp³-hybridized carbons (Fsp3) is 0.125. The molecule has 0 spiro atoms. The Morgan fingerprint density at radius 3 is 2.69 bits per heavy atom. The molecule has 1 aromatic carbocycles. The van der Waals surface area contributed by atoms with Gasteiger partial charge in [-0.2, -0.15) is 8.42 Å². The molecule has 0 aromatic heterocycles. The van der Waals surface area contributed by atoms with E-state index in [1.807, 2.05) is 0 Å². The maximum absolute atomic E-state index is 12.2. The molecule has 1 N–H and O–H groups in total. The normalized spacial score (nSPS) is 13.6. The van der Waals surface area contributed by atoms with Crippen LogP contribution in [0, 0.1) is 0 Å². The topological polar surface area (TPSA) is 81.7 Å². The minimum absolute atomic E-state index is 0.0296. The van der Waals surface area contributed by atoms with Crippen molar-refractivity contribution in [3.63, 3.8) is 0 Å². The van der Waals surface area contributed by atoms with Crippen molar-refractivity contribution >= 4 is 16.3 Å². The maximum Gasteiger partial charge on any atom is 0.399 e. The number of hydrogen-bond donors (Lipinski definition) is 1. The van der Waals surface area contributed by atoms with Crippen LogP contribution in [0.1, 0.15) is 10.4 Å². The molecule has 0 saturated carbocycles. The summed E-state index contributed by atoms with van der Waals surface area (Å²) in [5.41, 5.74) is -0.0366. The van der Waals surface area contributed by atoms with Gasteiger partial charge in [0, 0.05) is 5.56 Å². The van der Waals surface area contributed by atoms with Crippen LogP contribution in [0.2, 0.25) is 0 Å². The molecule has 0 atom stereocenters. The maximum atomic E-state index is 12.2. The standard InChI is InChI=1S/C8H6FNO5S/c9-16(12,13)10-8(11)5-1-2-6-7(3-5)15-4-14-6/h1-3H,4H2,(H,10,11). The van der Waals surface area contributed by atoms with E-state index in [1.54, 1.807) is 0 Å². The van der Waals surface area contributed by atoms with E-state index in [1.165, 1.54) is 22.9 Å².